The van der Waals surface area contributed by atoms with E-state index >= 15 is 0 Å². The van der Waals surface area contributed by atoms with Gasteiger partial charge in [0.1, 0.15) is 5.65 Å². The van der Waals surface area contributed by atoms with Crippen LogP contribution in [-0.4, -0.2) is 50.9 Å². The van der Waals surface area contributed by atoms with Gasteiger partial charge in [0.05, 0.1) is 17.5 Å². The molecule has 3 heterocycles. The van der Waals surface area contributed by atoms with E-state index in [1.165, 1.54) is 21.7 Å². The van der Waals surface area contributed by atoms with E-state index in [0.29, 0.717) is 19.6 Å². The summed E-state index contributed by atoms with van der Waals surface area (Å²) in [5.41, 5.74) is -0.689. The summed E-state index contributed by atoms with van der Waals surface area (Å²) in [7, 11) is 0. The van der Waals surface area contributed by atoms with Crippen LogP contribution >= 0.6 is 0 Å². The Morgan fingerprint density at radius 1 is 1.35 bits per heavy atom. The maximum absolute atomic E-state index is 12.4. The highest BCUT2D eigenvalue weighted by Gasteiger charge is 2.23. The summed E-state index contributed by atoms with van der Waals surface area (Å²) in [5, 5.41) is 2.80. The number of nitrogens with zero attached hydrogens (tertiary/aromatic N) is 3. The molecule has 3 rings (SSSR count). The van der Waals surface area contributed by atoms with Crippen LogP contribution in [-0.2, 0) is 11.3 Å². The second-order valence-electron chi connectivity index (χ2n) is 5.18. The SMILES string of the molecule is CCn1c(=O)[nH]c(=O)c2cc(C(=O)N3CCNC(=O)C3)cnc21. The topological polar surface area (TPSA) is 117 Å². The van der Waals surface area contributed by atoms with E-state index in [2.05, 4.69) is 15.3 Å². The summed E-state index contributed by atoms with van der Waals surface area (Å²) in [4.78, 5) is 55.2. The van der Waals surface area contributed by atoms with Crippen LogP contribution in [0.5, 0.6) is 0 Å². The largest absolute Gasteiger partial charge is 0.353 e. The van der Waals surface area contributed by atoms with Crippen molar-refractivity contribution in [3.05, 3.63) is 38.7 Å². The summed E-state index contributed by atoms with van der Waals surface area (Å²) in [6.45, 7) is 2.86. The first-order valence-corrected chi connectivity index (χ1v) is 7.20. The smallest absolute Gasteiger partial charge is 0.329 e. The standard InChI is InChI=1S/C14H15N5O4/c1-2-19-11-9(12(21)17-14(19)23)5-8(6-16-11)13(22)18-4-3-15-10(20)7-18/h5-6H,2-4,7H2,1H3,(H,15,20)(H,17,21,23). The summed E-state index contributed by atoms with van der Waals surface area (Å²) in [6, 6.07) is 1.40. The fourth-order valence-corrected chi connectivity index (χ4v) is 2.57. The molecule has 1 aliphatic heterocycles. The van der Waals surface area contributed by atoms with Crippen LogP contribution in [0.1, 0.15) is 17.3 Å². The lowest BCUT2D eigenvalue weighted by Crippen LogP contribution is -2.50. The van der Waals surface area contributed by atoms with E-state index in [-0.39, 0.29) is 35.0 Å². The number of aryl methyl sites for hydroxylation is 1. The molecule has 0 spiro atoms. The Kier molecular flexibility index (Phi) is 3.68. The summed E-state index contributed by atoms with van der Waals surface area (Å²) >= 11 is 0. The van der Waals surface area contributed by atoms with Gasteiger partial charge in [-0.2, -0.15) is 0 Å². The molecule has 1 aliphatic rings. The molecule has 2 aromatic rings. The lowest BCUT2D eigenvalue weighted by molar-refractivity contribution is -0.123. The lowest BCUT2D eigenvalue weighted by atomic mass is 10.2. The van der Waals surface area contributed by atoms with Crippen LogP contribution in [0.3, 0.4) is 0 Å². The Balaban J connectivity index is 2.07. The average Bonchev–Trinajstić information content (AvgIpc) is 2.54. The molecule has 2 amide bonds. The number of hydrogen-bond donors (Lipinski definition) is 2. The molecular weight excluding hydrogens is 302 g/mol. The minimum atomic E-state index is -0.590. The zero-order valence-corrected chi connectivity index (χ0v) is 12.5. The Morgan fingerprint density at radius 3 is 2.83 bits per heavy atom. The molecule has 0 aromatic carbocycles. The highest BCUT2D eigenvalue weighted by atomic mass is 16.2. The minimum Gasteiger partial charge on any atom is -0.353 e. The molecule has 2 aromatic heterocycles. The number of fused-ring (bicyclic) bond motifs is 1. The van der Waals surface area contributed by atoms with Gasteiger partial charge >= 0.3 is 5.69 Å². The zero-order valence-electron chi connectivity index (χ0n) is 12.5. The number of piperazine rings is 1. The minimum absolute atomic E-state index is 0.0261. The molecule has 0 aliphatic carbocycles. The normalized spacial score (nSPS) is 14.8. The highest BCUT2D eigenvalue weighted by molar-refractivity contribution is 5.98. The van der Waals surface area contributed by atoms with Crippen molar-refractivity contribution in [1.29, 1.82) is 0 Å². The molecule has 1 saturated heterocycles. The van der Waals surface area contributed by atoms with E-state index in [0.717, 1.165) is 0 Å². The molecule has 9 heteroatoms. The van der Waals surface area contributed by atoms with Crippen molar-refractivity contribution in [3.63, 3.8) is 0 Å². The lowest BCUT2D eigenvalue weighted by Gasteiger charge is -2.26. The van der Waals surface area contributed by atoms with E-state index in [9.17, 15) is 19.2 Å². The first-order valence-electron chi connectivity index (χ1n) is 7.20. The Labute approximate surface area is 129 Å². The van der Waals surface area contributed by atoms with Crippen LogP contribution in [0.25, 0.3) is 11.0 Å². The van der Waals surface area contributed by atoms with Crippen LogP contribution in [0.4, 0.5) is 0 Å². The predicted molar refractivity (Wildman–Crippen MR) is 81.2 cm³/mol. The number of carbonyl (C=O) groups is 2. The zero-order chi connectivity index (χ0) is 16.6. The third kappa shape index (κ3) is 2.60. The number of rotatable bonds is 2. The summed E-state index contributed by atoms with van der Waals surface area (Å²) < 4.78 is 1.32. The molecule has 0 unspecified atom stereocenters. The molecule has 0 saturated carbocycles. The maximum atomic E-state index is 12.4. The van der Waals surface area contributed by atoms with Crippen molar-refractivity contribution in [2.24, 2.45) is 0 Å². The molecule has 1 fully saturated rings. The van der Waals surface area contributed by atoms with Gasteiger partial charge in [-0.05, 0) is 13.0 Å². The van der Waals surface area contributed by atoms with Crippen LogP contribution in [0, 0.1) is 0 Å². The van der Waals surface area contributed by atoms with Crippen molar-refractivity contribution in [2.75, 3.05) is 19.6 Å². The summed E-state index contributed by atoms with van der Waals surface area (Å²) in [6.07, 6.45) is 1.32. The second kappa shape index (κ2) is 5.67. The number of hydrogen-bond acceptors (Lipinski definition) is 5. The summed E-state index contributed by atoms with van der Waals surface area (Å²) in [5.74, 6) is -0.598. The van der Waals surface area contributed by atoms with Gasteiger partial charge in [0.25, 0.3) is 11.5 Å². The van der Waals surface area contributed by atoms with E-state index in [4.69, 9.17) is 0 Å². The van der Waals surface area contributed by atoms with Gasteiger partial charge in [-0.1, -0.05) is 0 Å². The van der Waals surface area contributed by atoms with Crippen molar-refractivity contribution in [3.8, 4) is 0 Å². The molecule has 9 nitrogen and oxygen atoms in total. The van der Waals surface area contributed by atoms with E-state index < -0.39 is 11.2 Å². The average molecular weight is 317 g/mol. The number of carbonyl (C=O) groups excluding carboxylic acids is 2. The first-order chi connectivity index (χ1) is 11.0. The van der Waals surface area contributed by atoms with E-state index in [1.807, 2.05) is 0 Å². The van der Waals surface area contributed by atoms with Gasteiger partial charge in [-0.15, -0.1) is 0 Å². The molecule has 0 bridgehead atoms. The fourth-order valence-electron chi connectivity index (χ4n) is 2.57. The monoisotopic (exact) mass is 317 g/mol. The van der Waals surface area contributed by atoms with Crippen molar-refractivity contribution in [1.82, 2.24) is 24.8 Å². The number of amides is 2. The Bertz CT molecular complexity index is 914. The Morgan fingerprint density at radius 2 is 2.13 bits per heavy atom. The molecule has 0 radical (unpaired) electrons. The molecule has 23 heavy (non-hydrogen) atoms. The van der Waals surface area contributed by atoms with Gasteiger partial charge in [0, 0.05) is 25.8 Å². The van der Waals surface area contributed by atoms with E-state index in [1.54, 1.807) is 6.92 Å². The van der Waals surface area contributed by atoms with Crippen LogP contribution in [0.2, 0.25) is 0 Å². The number of nitrogens with one attached hydrogen (secondary N) is 2. The van der Waals surface area contributed by atoms with Gasteiger partial charge in [-0.3, -0.25) is 23.9 Å². The molecule has 120 valence electrons. The predicted octanol–water partition coefficient (Wildman–Crippen LogP) is -1.32. The van der Waals surface area contributed by atoms with Crippen LogP contribution < -0.4 is 16.6 Å². The van der Waals surface area contributed by atoms with Crippen molar-refractivity contribution >= 4 is 22.8 Å². The Hall–Kier alpha value is -2.97. The molecular formula is C14H15N5O4. The van der Waals surface area contributed by atoms with Crippen LogP contribution in [0.15, 0.2) is 21.9 Å². The van der Waals surface area contributed by atoms with Gasteiger partial charge in [0.2, 0.25) is 5.91 Å². The number of aromatic amines is 1. The first kappa shape index (κ1) is 14.9. The third-order valence-corrected chi connectivity index (χ3v) is 3.72. The number of H-pyrrole nitrogens is 1. The van der Waals surface area contributed by atoms with Crippen molar-refractivity contribution in [2.45, 2.75) is 13.5 Å². The third-order valence-electron chi connectivity index (χ3n) is 3.72. The number of aromatic nitrogens is 3. The maximum Gasteiger partial charge on any atom is 0.329 e. The quantitative estimate of drug-likeness (QED) is 0.712. The van der Waals surface area contributed by atoms with Crippen molar-refractivity contribution < 1.29 is 9.59 Å². The molecule has 0 atom stereocenters. The fraction of sp³-hybridized carbons (Fsp3) is 0.357. The van der Waals surface area contributed by atoms with Gasteiger partial charge in [0.15, 0.2) is 0 Å². The highest BCUT2D eigenvalue weighted by Crippen LogP contribution is 2.11. The molecule has 2 N–H and O–H groups in total. The van der Waals surface area contributed by atoms with Gasteiger partial charge < -0.3 is 10.2 Å². The second-order valence-corrected chi connectivity index (χ2v) is 5.18. The van der Waals surface area contributed by atoms with Gasteiger partial charge in [-0.25, -0.2) is 9.78 Å². The number of pyridine rings is 1.